The maximum atomic E-state index is 12.2. The van der Waals surface area contributed by atoms with Crippen molar-refractivity contribution in [3.05, 3.63) is 49.9 Å². The highest BCUT2D eigenvalue weighted by atomic mass is 35.5. The van der Waals surface area contributed by atoms with Crippen LogP contribution in [0.15, 0.2) is 22.1 Å². The second-order valence-corrected chi connectivity index (χ2v) is 7.34. The minimum absolute atomic E-state index is 0.00692. The van der Waals surface area contributed by atoms with Crippen LogP contribution in [0.3, 0.4) is 0 Å². The number of nitrogens with zero attached hydrogens (tertiary/aromatic N) is 1. The van der Waals surface area contributed by atoms with Crippen molar-refractivity contribution in [3.63, 3.8) is 0 Å². The van der Waals surface area contributed by atoms with E-state index in [1.54, 1.807) is 0 Å². The monoisotopic (exact) mass is 364 g/mol. The molecule has 0 fully saturated rings. The second kappa shape index (κ2) is 6.78. The summed E-state index contributed by atoms with van der Waals surface area (Å²) in [6.45, 7) is 0.739. The number of hydrogen-bond donors (Lipinski definition) is 1. The van der Waals surface area contributed by atoms with Crippen LogP contribution >= 0.6 is 23.4 Å². The number of aromatic amines is 1. The molecule has 2 aliphatic rings. The van der Waals surface area contributed by atoms with Crippen molar-refractivity contribution in [3.8, 4) is 5.75 Å². The standard InChI is InChI=1S/C17H17ClN2O3S/c18-13-6-10(5-11-7-22-9-23-15(11)13)8-24-17-19-14-4-2-1-3-12(14)16(21)20-17/h5-6H,1-4,7-9H2,(H,19,20,21). The summed E-state index contributed by atoms with van der Waals surface area (Å²) in [6.07, 6.45) is 3.91. The lowest BCUT2D eigenvalue weighted by Crippen LogP contribution is -2.21. The van der Waals surface area contributed by atoms with Crippen molar-refractivity contribution in [1.82, 2.24) is 9.97 Å². The van der Waals surface area contributed by atoms with Gasteiger partial charge in [-0.15, -0.1) is 0 Å². The summed E-state index contributed by atoms with van der Waals surface area (Å²) in [5.74, 6) is 1.38. The molecule has 126 valence electrons. The summed E-state index contributed by atoms with van der Waals surface area (Å²) in [5.41, 5.74) is 3.83. The van der Waals surface area contributed by atoms with Crippen LogP contribution in [0.2, 0.25) is 5.02 Å². The fourth-order valence-electron chi connectivity index (χ4n) is 3.12. The number of aromatic nitrogens is 2. The first kappa shape index (κ1) is 16.0. The number of fused-ring (bicyclic) bond motifs is 2. The molecule has 0 radical (unpaired) electrons. The molecule has 2 heterocycles. The smallest absolute Gasteiger partial charge is 0.254 e. The van der Waals surface area contributed by atoms with Crippen LogP contribution in [0.1, 0.15) is 35.2 Å². The van der Waals surface area contributed by atoms with Gasteiger partial charge in [-0.25, -0.2) is 4.98 Å². The van der Waals surface area contributed by atoms with Crippen molar-refractivity contribution in [1.29, 1.82) is 0 Å². The Balaban J connectivity index is 1.54. The van der Waals surface area contributed by atoms with E-state index < -0.39 is 0 Å². The van der Waals surface area contributed by atoms with Gasteiger partial charge in [0.05, 0.1) is 17.3 Å². The molecule has 0 saturated heterocycles. The fourth-order valence-corrected chi connectivity index (χ4v) is 4.24. The lowest BCUT2D eigenvalue weighted by molar-refractivity contribution is -0.0163. The van der Waals surface area contributed by atoms with Crippen LogP contribution in [-0.4, -0.2) is 16.8 Å². The molecule has 0 bridgehead atoms. The van der Waals surface area contributed by atoms with E-state index in [4.69, 9.17) is 21.1 Å². The minimum atomic E-state index is 0.00692. The van der Waals surface area contributed by atoms with Crippen LogP contribution in [0.5, 0.6) is 5.75 Å². The van der Waals surface area contributed by atoms with Gasteiger partial charge < -0.3 is 14.5 Å². The summed E-state index contributed by atoms with van der Waals surface area (Å²) in [7, 11) is 0. The van der Waals surface area contributed by atoms with Gasteiger partial charge >= 0.3 is 0 Å². The molecule has 0 atom stereocenters. The van der Waals surface area contributed by atoms with Crippen LogP contribution < -0.4 is 10.3 Å². The predicted molar refractivity (Wildman–Crippen MR) is 92.8 cm³/mol. The zero-order chi connectivity index (χ0) is 16.5. The number of ether oxygens (including phenoxy) is 2. The third-order valence-electron chi connectivity index (χ3n) is 4.27. The largest absolute Gasteiger partial charge is 0.466 e. The molecule has 1 N–H and O–H groups in total. The van der Waals surface area contributed by atoms with Gasteiger partial charge in [0.1, 0.15) is 5.75 Å². The van der Waals surface area contributed by atoms with Gasteiger partial charge in [-0.05, 0) is 43.4 Å². The van der Waals surface area contributed by atoms with Gasteiger partial charge in [0.15, 0.2) is 11.9 Å². The molecule has 1 aliphatic carbocycles. The number of H-pyrrole nitrogens is 1. The molecule has 5 nitrogen and oxygen atoms in total. The maximum absolute atomic E-state index is 12.2. The number of thioether (sulfide) groups is 1. The van der Waals surface area contributed by atoms with Crippen LogP contribution in [0.4, 0.5) is 0 Å². The molecule has 0 spiro atoms. The number of benzene rings is 1. The van der Waals surface area contributed by atoms with Gasteiger partial charge in [-0.1, -0.05) is 23.4 Å². The second-order valence-electron chi connectivity index (χ2n) is 5.97. The van der Waals surface area contributed by atoms with Gasteiger partial charge in [0, 0.05) is 16.9 Å². The Morgan fingerprint density at radius 2 is 2.17 bits per heavy atom. The van der Waals surface area contributed by atoms with Crippen LogP contribution in [0, 0.1) is 0 Å². The van der Waals surface area contributed by atoms with E-state index >= 15 is 0 Å². The summed E-state index contributed by atoms with van der Waals surface area (Å²) >= 11 is 7.80. The topological polar surface area (TPSA) is 64.2 Å². The molecule has 2 aromatic rings. The predicted octanol–water partition coefficient (Wildman–Crippen LogP) is 3.46. The molecule has 1 aliphatic heterocycles. The van der Waals surface area contributed by atoms with Gasteiger partial charge in [0.25, 0.3) is 5.56 Å². The Morgan fingerprint density at radius 3 is 3.08 bits per heavy atom. The summed E-state index contributed by atoms with van der Waals surface area (Å²) in [6, 6.07) is 3.93. The van der Waals surface area contributed by atoms with E-state index in [0.717, 1.165) is 48.1 Å². The van der Waals surface area contributed by atoms with E-state index in [1.807, 2.05) is 12.1 Å². The van der Waals surface area contributed by atoms with E-state index in [1.165, 1.54) is 11.8 Å². The lowest BCUT2D eigenvalue weighted by atomic mass is 9.97. The summed E-state index contributed by atoms with van der Waals surface area (Å²) < 4.78 is 10.7. The van der Waals surface area contributed by atoms with Crippen molar-refractivity contribution >= 4 is 23.4 Å². The highest BCUT2D eigenvalue weighted by Crippen LogP contribution is 2.34. The van der Waals surface area contributed by atoms with Gasteiger partial charge in [-0.3, -0.25) is 4.79 Å². The van der Waals surface area contributed by atoms with Crippen LogP contribution in [-0.2, 0) is 29.9 Å². The maximum Gasteiger partial charge on any atom is 0.254 e. The average Bonchev–Trinajstić information content (AvgIpc) is 2.60. The zero-order valence-electron chi connectivity index (χ0n) is 13.1. The molecule has 4 rings (SSSR count). The first-order valence-corrected chi connectivity index (χ1v) is 9.34. The minimum Gasteiger partial charge on any atom is -0.466 e. The average molecular weight is 365 g/mol. The normalized spacial score (nSPS) is 16.2. The van der Waals surface area contributed by atoms with Crippen LogP contribution in [0.25, 0.3) is 0 Å². The molecule has 0 unspecified atom stereocenters. The van der Waals surface area contributed by atoms with Crippen molar-refractivity contribution < 1.29 is 9.47 Å². The number of halogens is 1. The summed E-state index contributed by atoms with van der Waals surface area (Å²) in [5, 5.41) is 1.26. The van der Waals surface area contributed by atoms with E-state index in [2.05, 4.69) is 9.97 Å². The lowest BCUT2D eigenvalue weighted by Gasteiger charge is -2.19. The summed E-state index contributed by atoms with van der Waals surface area (Å²) in [4.78, 5) is 19.7. The quantitative estimate of drug-likeness (QED) is 0.667. The SMILES string of the molecule is O=c1[nH]c(SCc2cc(Cl)c3c(c2)COCO3)nc2c1CCCC2. The highest BCUT2D eigenvalue weighted by molar-refractivity contribution is 7.98. The van der Waals surface area contributed by atoms with Gasteiger partial charge in [-0.2, -0.15) is 0 Å². The number of rotatable bonds is 3. The van der Waals surface area contributed by atoms with Crippen molar-refractivity contribution in [2.45, 2.75) is 43.2 Å². The molecular weight excluding hydrogens is 348 g/mol. The Morgan fingerprint density at radius 1 is 1.29 bits per heavy atom. The first-order valence-electron chi connectivity index (χ1n) is 7.97. The molecule has 1 aromatic heterocycles. The molecule has 7 heteroatoms. The zero-order valence-corrected chi connectivity index (χ0v) is 14.6. The molecule has 0 saturated carbocycles. The third-order valence-corrected chi connectivity index (χ3v) is 5.49. The highest BCUT2D eigenvalue weighted by Gasteiger charge is 2.17. The Kier molecular flexibility index (Phi) is 4.52. The molecular formula is C17H17ClN2O3S. The Bertz CT molecular complexity index is 837. The fraction of sp³-hybridized carbons (Fsp3) is 0.412. The number of aryl methyl sites for hydroxylation is 1. The van der Waals surface area contributed by atoms with Crippen molar-refractivity contribution in [2.75, 3.05) is 6.79 Å². The van der Waals surface area contributed by atoms with E-state index in [0.29, 0.717) is 28.3 Å². The Hall–Kier alpha value is -1.50. The molecule has 0 amide bonds. The first-order chi connectivity index (χ1) is 11.7. The van der Waals surface area contributed by atoms with Gasteiger partial charge in [0.2, 0.25) is 0 Å². The Labute approximate surface area is 148 Å². The third kappa shape index (κ3) is 3.18. The molecule has 1 aromatic carbocycles. The molecule has 24 heavy (non-hydrogen) atoms. The van der Waals surface area contributed by atoms with Crippen molar-refractivity contribution in [2.24, 2.45) is 0 Å². The number of hydrogen-bond acceptors (Lipinski definition) is 5. The van der Waals surface area contributed by atoms with E-state index in [9.17, 15) is 4.79 Å². The van der Waals surface area contributed by atoms with E-state index in [-0.39, 0.29) is 12.4 Å². The number of nitrogens with one attached hydrogen (secondary N) is 1.